The van der Waals surface area contributed by atoms with Crippen LogP contribution in [0.15, 0.2) is 48.4 Å². The maximum atomic E-state index is 6.05. The van der Waals surface area contributed by atoms with Crippen molar-refractivity contribution >= 4 is 44.7 Å². The summed E-state index contributed by atoms with van der Waals surface area (Å²) >= 11 is 1.84. The fourth-order valence-electron chi connectivity index (χ4n) is 3.05. The molecule has 1 saturated heterocycles. The molecule has 24 heavy (non-hydrogen) atoms. The third-order valence-corrected chi connectivity index (χ3v) is 6.37. The van der Waals surface area contributed by atoms with Gasteiger partial charge in [-0.1, -0.05) is 48.4 Å². The smallest absolute Gasteiger partial charge is 0.400 e. The van der Waals surface area contributed by atoms with Crippen LogP contribution in [-0.4, -0.2) is 18.3 Å². The predicted octanol–water partition coefficient (Wildman–Crippen LogP) is 5.70. The van der Waals surface area contributed by atoms with Crippen LogP contribution in [0.2, 0.25) is 0 Å². The van der Waals surface area contributed by atoms with E-state index in [-0.39, 0.29) is 18.3 Å². The van der Waals surface area contributed by atoms with Gasteiger partial charge in [0.15, 0.2) is 0 Å². The van der Waals surface area contributed by atoms with Crippen molar-refractivity contribution in [2.45, 2.75) is 38.9 Å². The predicted molar refractivity (Wildman–Crippen MR) is 104 cm³/mol. The Bertz CT molecular complexity index is 923. The van der Waals surface area contributed by atoms with Crippen LogP contribution in [0, 0.1) is 0 Å². The first-order valence-corrected chi connectivity index (χ1v) is 9.13. The summed E-state index contributed by atoms with van der Waals surface area (Å²) < 4.78 is 14.7. The van der Waals surface area contributed by atoms with Crippen molar-refractivity contribution < 1.29 is 9.31 Å². The molecule has 0 spiro atoms. The van der Waals surface area contributed by atoms with Crippen LogP contribution in [0.1, 0.15) is 33.3 Å². The highest BCUT2D eigenvalue weighted by atomic mass is 32.1. The maximum Gasteiger partial charge on any atom is 0.487 e. The van der Waals surface area contributed by atoms with Gasteiger partial charge in [0.2, 0.25) is 0 Å². The van der Waals surface area contributed by atoms with Gasteiger partial charge >= 0.3 is 7.12 Å². The van der Waals surface area contributed by atoms with Gasteiger partial charge in [0, 0.05) is 20.2 Å². The molecule has 0 amide bonds. The minimum Gasteiger partial charge on any atom is -0.400 e. The molecule has 0 atom stereocenters. The third-order valence-electron chi connectivity index (χ3n) is 5.14. The van der Waals surface area contributed by atoms with E-state index < -0.39 is 0 Å². The normalized spacial score (nSPS) is 19.8. The van der Waals surface area contributed by atoms with E-state index >= 15 is 0 Å². The molecule has 4 rings (SSSR count). The molecule has 3 aromatic rings. The standard InChI is InChI=1S/C20H21BO2S/c1-19(2)20(3,4)23-21(22-19)13-12-14-8-7-10-16-15-9-5-6-11-17(15)24-18(14)16/h5-13H,1-4H3/b13-12+. The zero-order valence-electron chi connectivity index (χ0n) is 14.5. The van der Waals surface area contributed by atoms with Crippen LogP contribution in [0.25, 0.3) is 26.2 Å². The van der Waals surface area contributed by atoms with E-state index in [1.165, 1.54) is 25.7 Å². The van der Waals surface area contributed by atoms with Crippen molar-refractivity contribution in [3.8, 4) is 0 Å². The van der Waals surface area contributed by atoms with Crippen molar-refractivity contribution in [3.63, 3.8) is 0 Å². The number of hydrogen-bond donors (Lipinski definition) is 0. The molecule has 0 bridgehead atoms. The minimum absolute atomic E-state index is 0.300. The van der Waals surface area contributed by atoms with Gasteiger partial charge in [-0.15, -0.1) is 11.3 Å². The zero-order chi connectivity index (χ0) is 16.9. The molecule has 0 aliphatic carbocycles. The zero-order valence-corrected chi connectivity index (χ0v) is 15.3. The molecule has 4 heteroatoms. The second-order valence-corrected chi connectivity index (χ2v) is 8.36. The molecule has 1 aliphatic heterocycles. The van der Waals surface area contributed by atoms with Crippen LogP contribution in [-0.2, 0) is 9.31 Å². The van der Waals surface area contributed by atoms with Crippen LogP contribution in [0.4, 0.5) is 0 Å². The molecular weight excluding hydrogens is 315 g/mol. The number of hydrogen-bond acceptors (Lipinski definition) is 3. The Balaban J connectivity index is 1.71. The second kappa shape index (κ2) is 5.45. The van der Waals surface area contributed by atoms with Gasteiger partial charge in [-0.25, -0.2) is 0 Å². The lowest BCUT2D eigenvalue weighted by molar-refractivity contribution is 0.00578. The van der Waals surface area contributed by atoms with E-state index in [4.69, 9.17) is 9.31 Å². The number of fused-ring (bicyclic) bond motifs is 3. The lowest BCUT2D eigenvalue weighted by Crippen LogP contribution is -2.41. The summed E-state index contributed by atoms with van der Waals surface area (Å²) in [5.41, 5.74) is 0.612. The fourth-order valence-corrected chi connectivity index (χ4v) is 4.25. The number of benzene rings is 2. The highest BCUT2D eigenvalue weighted by Gasteiger charge is 2.49. The Morgan fingerprint density at radius 2 is 1.54 bits per heavy atom. The molecule has 0 radical (unpaired) electrons. The minimum atomic E-state index is -0.306. The van der Waals surface area contributed by atoms with Crippen molar-refractivity contribution in [1.82, 2.24) is 0 Å². The largest absolute Gasteiger partial charge is 0.487 e. The topological polar surface area (TPSA) is 18.5 Å². The first-order valence-electron chi connectivity index (χ1n) is 8.31. The Kier molecular flexibility index (Phi) is 3.61. The number of rotatable bonds is 2. The summed E-state index contributed by atoms with van der Waals surface area (Å²) in [5.74, 6) is 2.02. The molecule has 2 aromatic carbocycles. The van der Waals surface area contributed by atoms with Crippen LogP contribution >= 0.6 is 11.3 Å². The summed E-state index contributed by atoms with van der Waals surface area (Å²) in [4.78, 5) is 0. The Hall–Kier alpha value is -1.62. The average molecular weight is 336 g/mol. The summed E-state index contributed by atoms with van der Waals surface area (Å²) in [7, 11) is -0.306. The lowest BCUT2D eigenvalue weighted by Gasteiger charge is -2.32. The van der Waals surface area contributed by atoms with E-state index in [9.17, 15) is 0 Å². The van der Waals surface area contributed by atoms with Gasteiger partial charge in [0.25, 0.3) is 0 Å². The lowest BCUT2D eigenvalue weighted by atomic mass is 9.89. The van der Waals surface area contributed by atoms with Crippen molar-refractivity contribution in [2.75, 3.05) is 0 Å². The summed E-state index contributed by atoms with van der Waals surface area (Å²) in [6.07, 6.45) is 2.12. The molecule has 1 fully saturated rings. The van der Waals surface area contributed by atoms with E-state index in [0.717, 1.165) is 0 Å². The van der Waals surface area contributed by atoms with Gasteiger partial charge < -0.3 is 9.31 Å². The first-order chi connectivity index (χ1) is 11.4. The molecule has 2 nitrogen and oxygen atoms in total. The van der Waals surface area contributed by atoms with E-state index in [1.54, 1.807) is 0 Å². The highest BCUT2D eigenvalue weighted by Crippen LogP contribution is 2.38. The van der Waals surface area contributed by atoms with Crippen LogP contribution < -0.4 is 0 Å². The van der Waals surface area contributed by atoms with Gasteiger partial charge in [0.05, 0.1) is 11.2 Å². The molecule has 0 unspecified atom stereocenters. The Morgan fingerprint density at radius 1 is 0.875 bits per heavy atom. The third kappa shape index (κ3) is 2.50. The first kappa shape index (κ1) is 15.9. The fraction of sp³-hybridized carbons (Fsp3) is 0.300. The number of thiophene rings is 1. The summed E-state index contributed by atoms with van der Waals surface area (Å²) in [5, 5.41) is 2.63. The van der Waals surface area contributed by atoms with E-state index in [1.807, 2.05) is 17.3 Å². The van der Waals surface area contributed by atoms with Crippen molar-refractivity contribution in [3.05, 3.63) is 54.0 Å². The van der Waals surface area contributed by atoms with Gasteiger partial charge in [0.1, 0.15) is 0 Å². The highest BCUT2D eigenvalue weighted by molar-refractivity contribution is 7.26. The van der Waals surface area contributed by atoms with Crippen LogP contribution in [0.5, 0.6) is 0 Å². The summed E-state index contributed by atoms with van der Waals surface area (Å²) in [6.45, 7) is 8.31. The van der Waals surface area contributed by atoms with E-state index in [2.05, 4.69) is 76.2 Å². The van der Waals surface area contributed by atoms with Crippen molar-refractivity contribution in [1.29, 1.82) is 0 Å². The molecule has 122 valence electrons. The van der Waals surface area contributed by atoms with Gasteiger partial charge in [-0.05, 0) is 39.3 Å². The molecule has 0 N–H and O–H groups in total. The quantitative estimate of drug-likeness (QED) is 0.559. The van der Waals surface area contributed by atoms with Crippen molar-refractivity contribution in [2.24, 2.45) is 0 Å². The molecule has 1 aliphatic rings. The van der Waals surface area contributed by atoms with Crippen LogP contribution in [0.3, 0.4) is 0 Å². The SMILES string of the molecule is CC1(C)OB(/C=C/c2cccc3c2sc2ccccc23)OC1(C)C. The second-order valence-electron chi connectivity index (χ2n) is 7.31. The Morgan fingerprint density at radius 3 is 2.29 bits per heavy atom. The average Bonchev–Trinajstić information content (AvgIpc) is 3.00. The van der Waals surface area contributed by atoms with Gasteiger partial charge in [-0.3, -0.25) is 0 Å². The Labute approximate surface area is 147 Å². The maximum absolute atomic E-state index is 6.05. The monoisotopic (exact) mass is 336 g/mol. The van der Waals surface area contributed by atoms with E-state index in [0.29, 0.717) is 0 Å². The van der Waals surface area contributed by atoms with Gasteiger partial charge in [-0.2, -0.15) is 0 Å². The molecule has 2 heterocycles. The molecule has 0 saturated carbocycles. The molecular formula is C20H21BO2S. The molecule has 1 aromatic heterocycles. The summed E-state index contributed by atoms with van der Waals surface area (Å²) in [6, 6.07) is 15.0.